The third kappa shape index (κ3) is 2.92. The molecule has 5 nitrogen and oxygen atoms in total. The van der Waals surface area contributed by atoms with Gasteiger partial charge in [-0.15, -0.1) is 0 Å². The summed E-state index contributed by atoms with van der Waals surface area (Å²) in [5.74, 6) is 0. The molecular weight excluding hydrogens is 204 g/mol. The maximum Gasteiger partial charge on any atom is 0.140 e. The molecule has 1 aromatic rings. The number of nitrogens with one attached hydrogen (secondary N) is 2. The Morgan fingerprint density at radius 3 is 3.19 bits per heavy atom. The van der Waals surface area contributed by atoms with Gasteiger partial charge >= 0.3 is 0 Å². The molecule has 0 aliphatic carbocycles. The van der Waals surface area contributed by atoms with Crippen LogP contribution in [0.3, 0.4) is 0 Å². The van der Waals surface area contributed by atoms with Gasteiger partial charge in [0.05, 0.1) is 24.6 Å². The van der Waals surface area contributed by atoms with Gasteiger partial charge in [0.25, 0.3) is 0 Å². The lowest BCUT2D eigenvalue weighted by Crippen LogP contribution is -2.42. The second-order valence-corrected chi connectivity index (χ2v) is 3.62. The van der Waals surface area contributed by atoms with E-state index in [1.165, 1.54) is 0 Å². The molecule has 0 saturated carbocycles. The lowest BCUT2D eigenvalue weighted by atomic mass is 10.3. The van der Waals surface area contributed by atoms with E-state index in [0.717, 1.165) is 31.9 Å². The van der Waals surface area contributed by atoms with Crippen molar-refractivity contribution < 1.29 is 4.74 Å². The summed E-state index contributed by atoms with van der Waals surface area (Å²) in [7, 11) is 0. The molecule has 2 rings (SSSR count). The van der Waals surface area contributed by atoms with Crippen molar-refractivity contribution in [1.29, 1.82) is 5.26 Å². The van der Waals surface area contributed by atoms with Crippen molar-refractivity contribution in [3.05, 3.63) is 24.0 Å². The van der Waals surface area contributed by atoms with Crippen LogP contribution in [0.4, 0.5) is 5.69 Å². The molecule has 1 unspecified atom stereocenters. The standard InChI is InChI=1S/C11H14N4O/c12-5-9-1-2-10(6-14-9)15-8-11-7-13-3-4-16-11/h1-2,6,11,13,15H,3-4,7-8H2. The van der Waals surface area contributed by atoms with Crippen LogP contribution in [0.2, 0.25) is 0 Å². The Morgan fingerprint density at radius 1 is 1.62 bits per heavy atom. The number of ether oxygens (including phenoxy) is 1. The molecule has 1 atom stereocenters. The topological polar surface area (TPSA) is 70.0 Å². The molecule has 5 heteroatoms. The molecule has 0 bridgehead atoms. The van der Waals surface area contributed by atoms with E-state index in [2.05, 4.69) is 15.6 Å². The van der Waals surface area contributed by atoms with Crippen molar-refractivity contribution in [2.45, 2.75) is 6.10 Å². The van der Waals surface area contributed by atoms with E-state index in [1.54, 1.807) is 12.3 Å². The van der Waals surface area contributed by atoms with Gasteiger partial charge in [0.2, 0.25) is 0 Å². The van der Waals surface area contributed by atoms with Gasteiger partial charge < -0.3 is 15.4 Å². The van der Waals surface area contributed by atoms with Crippen molar-refractivity contribution in [3.8, 4) is 6.07 Å². The number of nitriles is 1. The molecule has 0 radical (unpaired) electrons. The first-order valence-electron chi connectivity index (χ1n) is 5.31. The second kappa shape index (κ2) is 5.45. The summed E-state index contributed by atoms with van der Waals surface area (Å²) in [5.41, 5.74) is 1.34. The van der Waals surface area contributed by atoms with Gasteiger partial charge in [-0.25, -0.2) is 4.98 Å². The highest BCUT2D eigenvalue weighted by atomic mass is 16.5. The van der Waals surface area contributed by atoms with Crippen LogP contribution in [0.15, 0.2) is 18.3 Å². The summed E-state index contributed by atoms with van der Waals surface area (Å²) < 4.78 is 5.55. The molecule has 0 amide bonds. The summed E-state index contributed by atoms with van der Waals surface area (Å²) >= 11 is 0. The van der Waals surface area contributed by atoms with Gasteiger partial charge in [-0.05, 0) is 12.1 Å². The van der Waals surface area contributed by atoms with Gasteiger partial charge in [-0.3, -0.25) is 0 Å². The predicted molar refractivity (Wildman–Crippen MR) is 60.1 cm³/mol. The molecule has 1 fully saturated rings. The van der Waals surface area contributed by atoms with E-state index in [0.29, 0.717) is 5.69 Å². The summed E-state index contributed by atoms with van der Waals surface area (Å²) in [6.45, 7) is 3.31. The van der Waals surface area contributed by atoms with Crippen LogP contribution in [0.25, 0.3) is 0 Å². The highest BCUT2D eigenvalue weighted by Gasteiger charge is 2.12. The highest BCUT2D eigenvalue weighted by molar-refractivity contribution is 5.42. The highest BCUT2D eigenvalue weighted by Crippen LogP contribution is 2.06. The average Bonchev–Trinajstić information content (AvgIpc) is 2.38. The zero-order valence-electron chi connectivity index (χ0n) is 8.94. The van der Waals surface area contributed by atoms with Crippen LogP contribution >= 0.6 is 0 Å². The summed E-state index contributed by atoms with van der Waals surface area (Å²) in [5, 5.41) is 15.1. The summed E-state index contributed by atoms with van der Waals surface area (Å²) in [6, 6.07) is 5.53. The van der Waals surface area contributed by atoms with E-state index in [-0.39, 0.29) is 6.10 Å². The fourth-order valence-electron chi connectivity index (χ4n) is 1.55. The van der Waals surface area contributed by atoms with Gasteiger partial charge in [0.1, 0.15) is 11.8 Å². The Bertz CT molecular complexity index is 365. The monoisotopic (exact) mass is 218 g/mol. The fourth-order valence-corrected chi connectivity index (χ4v) is 1.55. The summed E-state index contributed by atoms with van der Waals surface area (Å²) in [6.07, 6.45) is 1.86. The van der Waals surface area contributed by atoms with Crippen LogP contribution in [0.5, 0.6) is 0 Å². The molecule has 16 heavy (non-hydrogen) atoms. The molecule has 1 saturated heterocycles. The first-order chi connectivity index (χ1) is 7.88. The minimum Gasteiger partial charge on any atom is -0.381 e. The number of aromatic nitrogens is 1. The van der Waals surface area contributed by atoms with Gasteiger partial charge in [0.15, 0.2) is 0 Å². The largest absolute Gasteiger partial charge is 0.381 e. The molecule has 0 spiro atoms. The Balaban J connectivity index is 1.82. The van der Waals surface area contributed by atoms with E-state index < -0.39 is 0 Å². The Kier molecular flexibility index (Phi) is 3.70. The Hall–Kier alpha value is -1.64. The zero-order chi connectivity index (χ0) is 11.2. The molecule has 2 N–H and O–H groups in total. The molecule has 1 aliphatic rings. The number of pyridine rings is 1. The van der Waals surface area contributed by atoms with Crippen molar-refractivity contribution in [1.82, 2.24) is 10.3 Å². The van der Waals surface area contributed by atoms with Crippen molar-refractivity contribution in [2.24, 2.45) is 0 Å². The summed E-state index contributed by atoms with van der Waals surface area (Å²) in [4.78, 5) is 3.98. The van der Waals surface area contributed by atoms with E-state index in [9.17, 15) is 0 Å². The third-order valence-corrected chi connectivity index (χ3v) is 2.42. The quantitative estimate of drug-likeness (QED) is 0.766. The van der Waals surface area contributed by atoms with Crippen molar-refractivity contribution in [3.63, 3.8) is 0 Å². The van der Waals surface area contributed by atoms with Crippen LogP contribution < -0.4 is 10.6 Å². The number of nitrogens with zero attached hydrogens (tertiary/aromatic N) is 2. The van der Waals surface area contributed by atoms with Gasteiger partial charge in [0, 0.05) is 19.6 Å². The number of anilines is 1. The fraction of sp³-hybridized carbons (Fsp3) is 0.455. The molecule has 2 heterocycles. The normalized spacial score (nSPS) is 20.1. The number of hydrogen-bond donors (Lipinski definition) is 2. The lowest BCUT2D eigenvalue weighted by Gasteiger charge is -2.24. The van der Waals surface area contributed by atoms with Crippen LogP contribution in [-0.4, -0.2) is 37.3 Å². The predicted octanol–water partition coefficient (Wildman–Crippen LogP) is 0.354. The lowest BCUT2D eigenvalue weighted by molar-refractivity contribution is 0.0372. The SMILES string of the molecule is N#Cc1ccc(NCC2CNCCO2)cn1. The molecule has 1 aliphatic heterocycles. The van der Waals surface area contributed by atoms with Crippen LogP contribution in [0, 0.1) is 11.3 Å². The maximum atomic E-state index is 8.60. The van der Waals surface area contributed by atoms with E-state index >= 15 is 0 Å². The molecule has 0 aromatic carbocycles. The van der Waals surface area contributed by atoms with E-state index in [1.807, 2.05) is 12.1 Å². The maximum absolute atomic E-state index is 8.60. The first-order valence-corrected chi connectivity index (χ1v) is 5.31. The number of morpholine rings is 1. The van der Waals surface area contributed by atoms with Crippen LogP contribution in [0.1, 0.15) is 5.69 Å². The average molecular weight is 218 g/mol. The third-order valence-electron chi connectivity index (χ3n) is 2.42. The smallest absolute Gasteiger partial charge is 0.140 e. The minimum absolute atomic E-state index is 0.199. The zero-order valence-corrected chi connectivity index (χ0v) is 8.94. The Labute approximate surface area is 94.4 Å². The minimum atomic E-state index is 0.199. The number of rotatable bonds is 3. The van der Waals surface area contributed by atoms with Gasteiger partial charge in [-0.1, -0.05) is 0 Å². The van der Waals surface area contributed by atoms with Crippen molar-refractivity contribution >= 4 is 5.69 Å². The first kappa shape index (κ1) is 10.9. The molecule has 1 aromatic heterocycles. The van der Waals surface area contributed by atoms with Gasteiger partial charge in [-0.2, -0.15) is 5.26 Å². The molecular formula is C11H14N4O. The van der Waals surface area contributed by atoms with Crippen LogP contribution in [-0.2, 0) is 4.74 Å². The Morgan fingerprint density at radius 2 is 2.56 bits per heavy atom. The molecule has 84 valence electrons. The van der Waals surface area contributed by atoms with E-state index in [4.69, 9.17) is 10.00 Å². The number of hydrogen-bond acceptors (Lipinski definition) is 5. The second-order valence-electron chi connectivity index (χ2n) is 3.62. The van der Waals surface area contributed by atoms with Crippen molar-refractivity contribution in [2.75, 3.05) is 31.6 Å².